The molecule has 0 saturated heterocycles. The summed E-state index contributed by atoms with van der Waals surface area (Å²) in [5.74, 6) is 0.562. The molecule has 0 aliphatic heterocycles. The smallest absolute Gasteiger partial charge is 0.251 e. The van der Waals surface area contributed by atoms with Crippen LogP contribution in [0.2, 0.25) is 0 Å². The molecule has 3 aromatic rings. The second kappa shape index (κ2) is 6.91. The van der Waals surface area contributed by atoms with E-state index in [-0.39, 0.29) is 11.9 Å². The molecule has 0 saturated carbocycles. The van der Waals surface area contributed by atoms with Crippen LogP contribution < -0.4 is 10.6 Å². The second-order valence-electron chi connectivity index (χ2n) is 5.31. The minimum Gasteiger partial charge on any atom is -0.375 e. The molecule has 7 nitrogen and oxygen atoms in total. The molecule has 0 bridgehead atoms. The van der Waals surface area contributed by atoms with Crippen molar-refractivity contribution in [2.75, 3.05) is 12.4 Å². The van der Waals surface area contributed by atoms with E-state index in [9.17, 15) is 4.79 Å². The standard InChI is InChI=1S/C17H18N6O/c1-12(19-14-8-6-7-13(11-14)17(24)18-2)16-20-21-22-23(16)15-9-4-3-5-10-15/h3-12,19H,1-2H3,(H,18,24). The number of nitrogens with zero attached hydrogens (tertiary/aromatic N) is 4. The molecule has 24 heavy (non-hydrogen) atoms. The summed E-state index contributed by atoms with van der Waals surface area (Å²) < 4.78 is 1.69. The average molecular weight is 322 g/mol. The van der Waals surface area contributed by atoms with E-state index >= 15 is 0 Å². The second-order valence-corrected chi connectivity index (χ2v) is 5.31. The first-order chi connectivity index (χ1) is 11.7. The lowest BCUT2D eigenvalue weighted by molar-refractivity contribution is 0.0963. The summed E-state index contributed by atoms with van der Waals surface area (Å²) in [6.07, 6.45) is 0. The molecule has 1 aromatic heterocycles. The Bertz CT molecular complexity index is 830. The third kappa shape index (κ3) is 3.24. The number of anilines is 1. The van der Waals surface area contributed by atoms with Gasteiger partial charge >= 0.3 is 0 Å². The highest BCUT2D eigenvalue weighted by atomic mass is 16.1. The van der Waals surface area contributed by atoms with Crippen molar-refractivity contribution in [1.82, 2.24) is 25.5 Å². The number of benzene rings is 2. The van der Waals surface area contributed by atoms with Crippen LogP contribution in [0.4, 0.5) is 5.69 Å². The Labute approximate surface area is 139 Å². The number of carbonyl (C=O) groups excluding carboxylic acids is 1. The summed E-state index contributed by atoms with van der Waals surface area (Å²) in [5.41, 5.74) is 2.31. The van der Waals surface area contributed by atoms with Crippen molar-refractivity contribution in [2.45, 2.75) is 13.0 Å². The molecule has 0 aliphatic carbocycles. The Hall–Kier alpha value is -3.22. The number of nitrogens with one attached hydrogen (secondary N) is 2. The normalized spacial score (nSPS) is 11.8. The lowest BCUT2D eigenvalue weighted by atomic mass is 10.1. The van der Waals surface area contributed by atoms with Gasteiger partial charge in [0, 0.05) is 18.3 Å². The fraction of sp³-hybridized carbons (Fsp3) is 0.176. The fourth-order valence-corrected chi connectivity index (χ4v) is 2.43. The molecular weight excluding hydrogens is 304 g/mol. The van der Waals surface area contributed by atoms with E-state index in [1.807, 2.05) is 49.4 Å². The summed E-state index contributed by atoms with van der Waals surface area (Å²) in [4.78, 5) is 11.7. The molecule has 1 unspecified atom stereocenters. The van der Waals surface area contributed by atoms with Crippen molar-refractivity contribution < 1.29 is 4.79 Å². The third-order valence-corrected chi connectivity index (χ3v) is 3.62. The first-order valence-corrected chi connectivity index (χ1v) is 7.61. The largest absolute Gasteiger partial charge is 0.375 e. The van der Waals surface area contributed by atoms with Crippen molar-refractivity contribution in [1.29, 1.82) is 0 Å². The molecule has 0 spiro atoms. The molecule has 1 heterocycles. The fourth-order valence-electron chi connectivity index (χ4n) is 2.43. The van der Waals surface area contributed by atoms with E-state index in [0.717, 1.165) is 11.4 Å². The van der Waals surface area contributed by atoms with E-state index < -0.39 is 0 Å². The predicted octanol–water partition coefficient (Wildman–Crippen LogP) is 2.19. The maximum atomic E-state index is 11.7. The van der Waals surface area contributed by atoms with Crippen LogP contribution in [0, 0.1) is 0 Å². The summed E-state index contributed by atoms with van der Waals surface area (Å²) in [7, 11) is 1.61. The molecule has 1 amide bonds. The van der Waals surface area contributed by atoms with Crippen LogP contribution in [-0.4, -0.2) is 33.2 Å². The zero-order valence-corrected chi connectivity index (χ0v) is 13.5. The lowest BCUT2D eigenvalue weighted by Crippen LogP contribution is -2.18. The Morgan fingerprint density at radius 2 is 1.92 bits per heavy atom. The SMILES string of the molecule is CNC(=O)c1cccc(NC(C)c2nnnn2-c2ccccc2)c1. The van der Waals surface area contributed by atoms with Crippen LogP contribution in [0.3, 0.4) is 0 Å². The van der Waals surface area contributed by atoms with Gasteiger partial charge in [0.2, 0.25) is 0 Å². The van der Waals surface area contributed by atoms with Crippen LogP contribution in [-0.2, 0) is 0 Å². The summed E-state index contributed by atoms with van der Waals surface area (Å²) in [6.45, 7) is 1.97. The first-order valence-electron chi connectivity index (χ1n) is 7.61. The van der Waals surface area contributed by atoms with E-state index in [2.05, 4.69) is 26.2 Å². The third-order valence-electron chi connectivity index (χ3n) is 3.62. The Kier molecular flexibility index (Phi) is 4.51. The number of hydrogen-bond donors (Lipinski definition) is 2. The minimum absolute atomic E-state index is 0.125. The predicted molar refractivity (Wildman–Crippen MR) is 91.0 cm³/mol. The molecule has 2 aromatic carbocycles. The number of para-hydroxylation sites is 1. The summed E-state index contributed by atoms with van der Waals surface area (Å²) in [6, 6.07) is 16.9. The molecular formula is C17H18N6O. The molecule has 0 aliphatic rings. The number of carbonyl (C=O) groups is 1. The monoisotopic (exact) mass is 322 g/mol. The van der Waals surface area contributed by atoms with Crippen LogP contribution >= 0.6 is 0 Å². The van der Waals surface area contributed by atoms with Crippen molar-refractivity contribution in [2.24, 2.45) is 0 Å². The Morgan fingerprint density at radius 3 is 2.67 bits per heavy atom. The zero-order chi connectivity index (χ0) is 16.9. The number of aromatic nitrogens is 4. The van der Waals surface area contributed by atoms with Gasteiger partial charge < -0.3 is 10.6 Å². The summed E-state index contributed by atoms with van der Waals surface area (Å²) in [5, 5.41) is 17.9. The first kappa shape index (κ1) is 15.7. The molecule has 1 atom stereocenters. The van der Waals surface area contributed by atoms with Gasteiger partial charge in [-0.2, -0.15) is 4.68 Å². The van der Waals surface area contributed by atoms with Gasteiger partial charge in [0.1, 0.15) is 0 Å². The topological polar surface area (TPSA) is 84.7 Å². The molecule has 0 fully saturated rings. The van der Waals surface area contributed by atoms with Crippen LogP contribution in [0.1, 0.15) is 29.1 Å². The van der Waals surface area contributed by atoms with Gasteiger partial charge in [0.15, 0.2) is 5.82 Å². The van der Waals surface area contributed by atoms with Crippen LogP contribution in [0.25, 0.3) is 5.69 Å². The van der Waals surface area contributed by atoms with Gasteiger partial charge in [-0.15, -0.1) is 5.10 Å². The Balaban J connectivity index is 1.83. The van der Waals surface area contributed by atoms with Gasteiger partial charge in [-0.25, -0.2) is 0 Å². The quantitative estimate of drug-likeness (QED) is 0.752. The Morgan fingerprint density at radius 1 is 1.12 bits per heavy atom. The average Bonchev–Trinajstić information content (AvgIpc) is 3.12. The molecule has 2 N–H and O–H groups in total. The van der Waals surface area contributed by atoms with Gasteiger partial charge in [0.25, 0.3) is 5.91 Å². The molecule has 122 valence electrons. The van der Waals surface area contributed by atoms with Crippen LogP contribution in [0.15, 0.2) is 54.6 Å². The van der Waals surface area contributed by atoms with Crippen molar-refractivity contribution in [3.63, 3.8) is 0 Å². The van der Waals surface area contributed by atoms with Crippen molar-refractivity contribution >= 4 is 11.6 Å². The van der Waals surface area contributed by atoms with E-state index in [4.69, 9.17) is 0 Å². The van der Waals surface area contributed by atoms with E-state index in [0.29, 0.717) is 11.4 Å². The number of hydrogen-bond acceptors (Lipinski definition) is 5. The zero-order valence-electron chi connectivity index (χ0n) is 13.5. The number of tetrazole rings is 1. The van der Waals surface area contributed by atoms with E-state index in [1.165, 1.54) is 0 Å². The highest BCUT2D eigenvalue weighted by Crippen LogP contribution is 2.20. The minimum atomic E-state index is -0.139. The van der Waals surface area contributed by atoms with E-state index in [1.54, 1.807) is 23.9 Å². The van der Waals surface area contributed by atoms with Gasteiger partial charge in [-0.1, -0.05) is 24.3 Å². The van der Waals surface area contributed by atoms with Gasteiger partial charge in [0.05, 0.1) is 11.7 Å². The lowest BCUT2D eigenvalue weighted by Gasteiger charge is -2.15. The maximum absolute atomic E-state index is 11.7. The summed E-state index contributed by atoms with van der Waals surface area (Å²) >= 11 is 0. The molecule has 3 rings (SSSR count). The maximum Gasteiger partial charge on any atom is 0.251 e. The van der Waals surface area contributed by atoms with Crippen LogP contribution in [0.5, 0.6) is 0 Å². The highest BCUT2D eigenvalue weighted by molar-refractivity contribution is 5.94. The molecule has 7 heteroatoms. The number of rotatable bonds is 5. The van der Waals surface area contributed by atoms with Crippen molar-refractivity contribution in [3.05, 3.63) is 66.0 Å². The number of amides is 1. The molecule has 0 radical (unpaired) electrons. The van der Waals surface area contributed by atoms with Gasteiger partial charge in [-0.05, 0) is 47.7 Å². The van der Waals surface area contributed by atoms with Crippen molar-refractivity contribution in [3.8, 4) is 5.69 Å². The highest BCUT2D eigenvalue weighted by Gasteiger charge is 2.16. The van der Waals surface area contributed by atoms with Gasteiger partial charge in [-0.3, -0.25) is 4.79 Å².